The van der Waals surface area contributed by atoms with Crippen molar-refractivity contribution in [1.29, 1.82) is 5.41 Å². The molecule has 0 saturated carbocycles. The topological polar surface area (TPSA) is 154 Å². The van der Waals surface area contributed by atoms with Gasteiger partial charge in [-0.05, 0) is 75.3 Å². The number of carboxylic acids is 1. The Morgan fingerprint density at radius 2 is 1.88 bits per heavy atom. The maximum absolute atomic E-state index is 13.1. The Kier molecular flexibility index (Phi) is 9.49. The second-order valence-corrected chi connectivity index (χ2v) is 11.9. The van der Waals surface area contributed by atoms with E-state index in [2.05, 4.69) is 10.3 Å². The number of aryl methyl sites for hydroxylation is 1. The number of carboxylic acid groups (broad SMARTS) is 1. The number of hydrogen-bond acceptors (Lipinski definition) is 7. The molecule has 1 saturated heterocycles. The third kappa shape index (κ3) is 7.22. The number of benzene rings is 2. The van der Waals surface area contributed by atoms with Crippen molar-refractivity contribution in [2.24, 2.45) is 0 Å². The van der Waals surface area contributed by atoms with Crippen LogP contribution in [0.1, 0.15) is 50.3 Å². The number of nitrogens with zero attached hydrogens (tertiary/aromatic N) is 2. The van der Waals surface area contributed by atoms with E-state index in [-0.39, 0.29) is 17.9 Å². The van der Waals surface area contributed by atoms with Crippen molar-refractivity contribution in [3.8, 4) is 11.5 Å². The van der Waals surface area contributed by atoms with Gasteiger partial charge in [-0.2, -0.15) is 4.31 Å². The Morgan fingerprint density at radius 3 is 2.55 bits per heavy atom. The van der Waals surface area contributed by atoms with Gasteiger partial charge in [0, 0.05) is 24.2 Å². The Balaban J connectivity index is 1.37. The normalized spacial score (nSPS) is 16.5. The highest BCUT2D eigenvalue weighted by Crippen LogP contribution is 2.26. The van der Waals surface area contributed by atoms with Crippen molar-refractivity contribution < 1.29 is 27.5 Å². The standard InChI is InChI=1S/C29H34N4O6S/c1-20(30)8-5-6-9-23-19-39-28(31-23)22-15-13-21(14-16-22)18-25(29(35)36)32-27(34)26-12-7-17-33(26)40(37,38)24-10-3-2-4-11-24/h2-4,10-11,13-16,19,25-26,30H,5-9,12,17-18H2,1H3,(H,32,34)(H,35,36)/t25-,26-/m0/s1. The summed E-state index contributed by atoms with van der Waals surface area (Å²) in [5, 5.41) is 19.9. The van der Waals surface area contributed by atoms with Crippen LogP contribution < -0.4 is 5.32 Å². The van der Waals surface area contributed by atoms with E-state index < -0.39 is 34.0 Å². The number of amides is 1. The van der Waals surface area contributed by atoms with Gasteiger partial charge in [0.1, 0.15) is 18.3 Å². The van der Waals surface area contributed by atoms with Crippen molar-refractivity contribution in [2.45, 2.75) is 68.8 Å². The molecule has 212 valence electrons. The van der Waals surface area contributed by atoms with Crippen LogP contribution >= 0.6 is 0 Å². The van der Waals surface area contributed by atoms with Crippen molar-refractivity contribution in [3.63, 3.8) is 0 Å². The van der Waals surface area contributed by atoms with Gasteiger partial charge in [-0.25, -0.2) is 18.2 Å². The molecule has 1 fully saturated rings. The van der Waals surface area contributed by atoms with Crippen molar-refractivity contribution in [2.75, 3.05) is 6.54 Å². The predicted molar refractivity (Wildman–Crippen MR) is 150 cm³/mol. The number of carbonyl (C=O) groups excluding carboxylic acids is 1. The summed E-state index contributed by atoms with van der Waals surface area (Å²) < 4.78 is 33.0. The van der Waals surface area contributed by atoms with Crippen LogP contribution in [0.15, 0.2) is 70.2 Å². The molecule has 1 amide bonds. The van der Waals surface area contributed by atoms with Gasteiger partial charge in [-0.1, -0.05) is 30.3 Å². The van der Waals surface area contributed by atoms with Gasteiger partial charge < -0.3 is 20.2 Å². The lowest BCUT2D eigenvalue weighted by Gasteiger charge is -2.25. The number of hydrogen-bond donors (Lipinski definition) is 3. The molecule has 2 heterocycles. The van der Waals surface area contributed by atoms with E-state index in [1.54, 1.807) is 55.7 Å². The Morgan fingerprint density at radius 1 is 1.15 bits per heavy atom. The Labute approximate surface area is 234 Å². The Bertz CT molecular complexity index is 1440. The lowest BCUT2D eigenvalue weighted by Crippen LogP contribution is -2.51. The molecule has 3 aromatic rings. The lowest BCUT2D eigenvalue weighted by molar-refractivity contribution is -0.142. The smallest absolute Gasteiger partial charge is 0.326 e. The molecule has 1 aliphatic heterocycles. The summed E-state index contributed by atoms with van der Waals surface area (Å²) in [5.74, 6) is -1.36. The van der Waals surface area contributed by atoms with Gasteiger partial charge >= 0.3 is 5.97 Å². The fourth-order valence-electron chi connectivity index (χ4n) is 4.76. The number of aromatic nitrogens is 1. The fraction of sp³-hybridized carbons (Fsp3) is 0.379. The van der Waals surface area contributed by atoms with Gasteiger partial charge in [0.2, 0.25) is 21.8 Å². The van der Waals surface area contributed by atoms with Crippen LogP contribution in [0.2, 0.25) is 0 Å². The summed E-state index contributed by atoms with van der Waals surface area (Å²) in [6.07, 6.45) is 5.86. The average Bonchev–Trinajstić information content (AvgIpc) is 3.62. The van der Waals surface area contributed by atoms with Crippen LogP contribution in [0, 0.1) is 5.41 Å². The van der Waals surface area contributed by atoms with Gasteiger partial charge in [0.25, 0.3) is 0 Å². The highest BCUT2D eigenvalue weighted by atomic mass is 32.2. The molecule has 0 unspecified atom stereocenters. The number of carbonyl (C=O) groups is 2. The third-order valence-electron chi connectivity index (χ3n) is 6.90. The third-order valence-corrected chi connectivity index (χ3v) is 8.82. The molecule has 0 radical (unpaired) electrons. The van der Waals surface area contributed by atoms with E-state index in [0.717, 1.165) is 41.2 Å². The summed E-state index contributed by atoms with van der Waals surface area (Å²) in [6.45, 7) is 1.99. The highest BCUT2D eigenvalue weighted by Gasteiger charge is 2.40. The minimum absolute atomic E-state index is 0.0305. The summed E-state index contributed by atoms with van der Waals surface area (Å²) >= 11 is 0. The van der Waals surface area contributed by atoms with Crippen molar-refractivity contribution in [3.05, 3.63) is 72.1 Å². The molecule has 40 heavy (non-hydrogen) atoms. The van der Waals surface area contributed by atoms with E-state index >= 15 is 0 Å². The molecule has 10 nitrogen and oxygen atoms in total. The zero-order valence-corrected chi connectivity index (χ0v) is 23.2. The number of nitrogens with one attached hydrogen (secondary N) is 2. The van der Waals surface area contributed by atoms with Crippen LogP contribution in [0.3, 0.4) is 0 Å². The number of sulfonamides is 1. The zero-order valence-electron chi connectivity index (χ0n) is 22.4. The van der Waals surface area contributed by atoms with Crippen LogP contribution in [0.4, 0.5) is 0 Å². The van der Waals surface area contributed by atoms with E-state index in [4.69, 9.17) is 9.83 Å². The molecule has 0 aliphatic carbocycles. The van der Waals surface area contributed by atoms with Crippen molar-refractivity contribution >= 4 is 27.6 Å². The van der Waals surface area contributed by atoms with E-state index in [1.165, 1.54) is 12.1 Å². The van der Waals surface area contributed by atoms with Crippen LogP contribution in [0.5, 0.6) is 0 Å². The maximum atomic E-state index is 13.1. The fourth-order valence-corrected chi connectivity index (χ4v) is 6.43. The molecule has 0 spiro atoms. The van der Waals surface area contributed by atoms with E-state index in [1.807, 2.05) is 0 Å². The largest absolute Gasteiger partial charge is 0.480 e. The molecule has 2 aromatic carbocycles. The molecule has 2 atom stereocenters. The van der Waals surface area contributed by atoms with E-state index in [0.29, 0.717) is 30.0 Å². The number of oxazole rings is 1. The van der Waals surface area contributed by atoms with Gasteiger partial charge in [-0.15, -0.1) is 0 Å². The maximum Gasteiger partial charge on any atom is 0.326 e. The van der Waals surface area contributed by atoms with Gasteiger partial charge in [-0.3, -0.25) is 4.79 Å². The summed E-state index contributed by atoms with van der Waals surface area (Å²) in [7, 11) is -3.89. The molecule has 1 aromatic heterocycles. The SMILES string of the molecule is CC(=N)CCCCc1coc(-c2ccc(C[C@H](NC(=O)[C@@H]3CCCN3S(=O)(=O)c3ccccc3)C(=O)O)cc2)n1. The van der Waals surface area contributed by atoms with Crippen LogP contribution in [-0.2, 0) is 32.5 Å². The first kappa shape index (κ1) is 29.2. The molecule has 4 rings (SSSR count). The summed E-state index contributed by atoms with van der Waals surface area (Å²) in [6, 6.07) is 12.8. The quantitative estimate of drug-likeness (QED) is 0.208. The molecule has 11 heteroatoms. The number of rotatable bonds is 13. The van der Waals surface area contributed by atoms with Gasteiger partial charge in [0.15, 0.2) is 0 Å². The number of aliphatic carboxylic acids is 1. The second kappa shape index (κ2) is 13.0. The van der Waals surface area contributed by atoms with E-state index in [9.17, 15) is 23.1 Å². The van der Waals surface area contributed by atoms with Crippen molar-refractivity contribution in [1.82, 2.24) is 14.6 Å². The monoisotopic (exact) mass is 566 g/mol. The lowest BCUT2D eigenvalue weighted by atomic mass is 10.0. The van der Waals surface area contributed by atoms with Gasteiger partial charge in [0.05, 0.1) is 10.6 Å². The minimum Gasteiger partial charge on any atom is -0.480 e. The number of unbranched alkanes of at least 4 members (excludes halogenated alkanes) is 1. The second-order valence-electron chi connectivity index (χ2n) is 10.0. The molecule has 1 aliphatic rings. The summed E-state index contributed by atoms with van der Waals surface area (Å²) in [4.78, 5) is 29.7. The Hall–Kier alpha value is -3.83. The first-order valence-corrected chi connectivity index (χ1v) is 14.8. The highest BCUT2D eigenvalue weighted by molar-refractivity contribution is 7.89. The molecule has 3 N–H and O–H groups in total. The molecular formula is C29H34N4O6S. The first-order chi connectivity index (χ1) is 19.1. The van der Waals surface area contributed by atoms with Crippen LogP contribution in [-0.4, -0.2) is 59.0 Å². The molecular weight excluding hydrogens is 532 g/mol. The first-order valence-electron chi connectivity index (χ1n) is 13.3. The predicted octanol–water partition coefficient (Wildman–Crippen LogP) is 4.06. The minimum atomic E-state index is -3.89. The van der Waals surface area contributed by atoms with Crippen LogP contribution in [0.25, 0.3) is 11.5 Å². The molecule has 0 bridgehead atoms. The summed E-state index contributed by atoms with van der Waals surface area (Å²) in [5.41, 5.74) is 2.94. The zero-order chi connectivity index (χ0) is 28.7. The average molecular weight is 567 g/mol.